The van der Waals surface area contributed by atoms with E-state index in [9.17, 15) is 4.79 Å². The quantitative estimate of drug-likeness (QED) is 0.488. The molecule has 1 amide bonds. The first-order chi connectivity index (χ1) is 15.6. The summed E-state index contributed by atoms with van der Waals surface area (Å²) in [6.45, 7) is 3.15. The number of hydrogen-bond donors (Lipinski definition) is 2. The number of ether oxygens (including phenoxy) is 1. The maximum atomic E-state index is 12.5. The third-order valence-electron chi connectivity index (χ3n) is 5.47. The molecule has 32 heavy (non-hydrogen) atoms. The van der Waals surface area contributed by atoms with Gasteiger partial charge in [0, 0.05) is 55.4 Å². The normalized spacial score (nSPS) is 13.7. The lowest BCUT2D eigenvalue weighted by molar-refractivity contribution is -0.121. The number of amides is 1. The van der Waals surface area contributed by atoms with Crippen molar-refractivity contribution in [1.82, 2.24) is 20.1 Å². The van der Waals surface area contributed by atoms with Crippen LogP contribution in [-0.2, 0) is 17.9 Å². The van der Waals surface area contributed by atoms with E-state index in [0.29, 0.717) is 30.1 Å². The summed E-state index contributed by atoms with van der Waals surface area (Å²) in [6, 6.07) is 16.1. The highest BCUT2D eigenvalue weighted by atomic mass is 32.2. The van der Waals surface area contributed by atoms with Gasteiger partial charge in [-0.15, -0.1) is 0 Å². The number of nitrogens with one attached hydrogen (secondary N) is 2. The van der Waals surface area contributed by atoms with Gasteiger partial charge in [0.25, 0.3) is 0 Å². The predicted octanol–water partition coefficient (Wildman–Crippen LogP) is 3.88. The monoisotopic (exact) mass is 469 g/mol. The van der Waals surface area contributed by atoms with Crippen molar-refractivity contribution in [3.8, 4) is 17.1 Å². The first-order valence-corrected chi connectivity index (χ1v) is 12.2. The highest BCUT2D eigenvalue weighted by molar-refractivity contribution is 7.99. The lowest BCUT2D eigenvalue weighted by Crippen LogP contribution is -2.32. The lowest BCUT2D eigenvalue weighted by Gasteiger charge is -2.28. The maximum absolute atomic E-state index is 12.5. The number of hydrogen-bond acceptors (Lipinski definition) is 6. The fourth-order valence-corrected chi connectivity index (χ4v) is 4.76. The van der Waals surface area contributed by atoms with E-state index in [1.54, 1.807) is 7.11 Å². The maximum Gasteiger partial charge on any atom is 0.222 e. The first-order valence-electron chi connectivity index (χ1n) is 10.6. The Kier molecular flexibility index (Phi) is 7.49. The van der Waals surface area contributed by atoms with Crippen molar-refractivity contribution in [2.75, 3.05) is 36.6 Å². The minimum absolute atomic E-state index is 0.0223. The number of aromatic nitrogens is 3. The van der Waals surface area contributed by atoms with Crippen LogP contribution in [0.3, 0.4) is 0 Å². The van der Waals surface area contributed by atoms with Crippen LogP contribution in [0.4, 0.5) is 5.69 Å². The van der Waals surface area contributed by atoms with Crippen molar-refractivity contribution in [2.45, 2.75) is 19.5 Å². The Labute approximate surface area is 197 Å². The molecule has 4 rings (SSSR count). The van der Waals surface area contributed by atoms with Gasteiger partial charge >= 0.3 is 0 Å². The van der Waals surface area contributed by atoms with Gasteiger partial charge in [0.05, 0.1) is 7.11 Å². The van der Waals surface area contributed by atoms with E-state index in [1.165, 1.54) is 17.2 Å². The Bertz CT molecular complexity index is 1090. The molecule has 0 atom stereocenters. The highest BCUT2D eigenvalue weighted by Crippen LogP contribution is 2.22. The molecule has 2 N–H and O–H groups in total. The number of rotatable bonds is 8. The van der Waals surface area contributed by atoms with Gasteiger partial charge in [0.2, 0.25) is 5.91 Å². The summed E-state index contributed by atoms with van der Waals surface area (Å²) >= 11 is 7.37. The molecule has 2 aromatic carbocycles. The number of carbonyl (C=O) groups is 1. The molecule has 0 aliphatic carbocycles. The SMILES string of the molecule is COc1ccc(-c2n[nH]c(=S)n2CCC(=O)NCc2ccc(N3CCSCC3)cc2)cc1. The average molecular weight is 470 g/mol. The second-order valence-electron chi connectivity index (χ2n) is 7.53. The molecular formula is C23H27N5O2S2. The molecule has 1 aliphatic rings. The molecule has 1 fully saturated rings. The second-order valence-corrected chi connectivity index (χ2v) is 9.14. The molecule has 0 unspecified atom stereocenters. The van der Waals surface area contributed by atoms with E-state index < -0.39 is 0 Å². The third-order valence-corrected chi connectivity index (χ3v) is 6.73. The fraction of sp³-hybridized carbons (Fsp3) is 0.348. The number of H-pyrrole nitrogens is 1. The van der Waals surface area contributed by atoms with E-state index in [4.69, 9.17) is 17.0 Å². The van der Waals surface area contributed by atoms with Crippen LogP contribution in [0.25, 0.3) is 11.4 Å². The van der Waals surface area contributed by atoms with Gasteiger partial charge in [-0.25, -0.2) is 0 Å². The molecule has 7 nitrogen and oxygen atoms in total. The Balaban J connectivity index is 1.30. The molecule has 168 valence electrons. The zero-order valence-corrected chi connectivity index (χ0v) is 19.7. The summed E-state index contributed by atoms with van der Waals surface area (Å²) in [5.41, 5.74) is 3.25. The number of anilines is 1. The van der Waals surface area contributed by atoms with Gasteiger partial charge < -0.3 is 15.0 Å². The molecule has 9 heteroatoms. The van der Waals surface area contributed by atoms with Gasteiger partial charge in [-0.1, -0.05) is 12.1 Å². The van der Waals surface area contributed by atoms with Crippen LogP contribution >= 0.6 is 24.0 Å². The molecule has 0 radical (unpaired) electrons. The summed E-state index contributed by atoms with van der Waals surface area (Å²) in [6.07, 6.45) is 0.320. The van der Waals surface area contributed by atoms with Gasteiger partial charge in [-0.05, 0) is 54.2 Å². The number of nitrogens with zero attached hydrogens (tertiary/aromatic N) is 3. The van der Waals surface area contributed by atoms with Crippen LogP contribution in [-0.4, -0.2) is 52.4 Å². The number of aromatic amines is 1. The van der Waals surface area contributed by atoms with Crippen LogP contribution in [0.2, 0.25) is 0 Å². The zero-order chi connectivity index (χ0) is 22.3. The topological polar surface area (TPSA) is 75.2 Å². The lowest BCUT2D eigenvalue weighted by atomic mass is 10.2. The first kappa shape index (κ1) is 22.4. The van der Waals surface area contributed by atoms with E-state index in [1.807, 2.05) is 40.6 Å². The summed E-state index contributed by atoms with van der Waals surface area (Å²) in [7, 11) is 1.63. The molecule has 1 aliphatic heterocycles. The van der Waals surface area contributed by atoms with Gasteiger partial charge in [-0.2, -0.15) is 16.9 Å². The molecule has 0 saturated carbocycles. The minimum atomic E-state index is -0.0223. The number of methoxy groups -OCH3 is 1. The molecule has 3 aromatic rings. The van der Waals surface area contributed by atoms with Gasteiger partial charge in [0.1, 0.15) is 5.75 Å². The number of carbonyl (C=O) groups excluding carboxylic acids is 1. The van der Waals surface area contributed by atoms with Gasteiger partial charge in [0.15, 0.2) is 10.6 Å². The Morgan fingerprint density at radius 1 is 1.16 bits per heavy atom. The van der Waals surface area contributed by atoms with Crippen molar-refractivity contribution in [3.05, 3.63) is 58.9 Å². The second kappa shape index (κ2) is 10.7. The van der Waals surface area contributed by atoms with Crippen molar-refractivity contribution < 1.29 is 9.53 Å². The molecule has 1 saturated heterocycles. The summed E-state index contributed by atoms with van der Waals surface area (Å²) in [5, 5.41) is 10.2. The third kappa shape index (κ3) is 5.52. The number of benzene rings is 2. The summed E-state index contributed by atoms with van der Waals surface area (Å²) in [4.78, 5) is 14.9. The zero-order valence-electron chi connectivity index (χ0n) is 18.0. The smallest absolute Gasteiger partial charge is 0.222 e. The van der Waals surface area contributed by atoms with E-state index in [0.717, 1.165) is 30.0 Å². The predicted molar refractivity (Wildman–Crippen MR) is 132 cm³/mol. The van der Waals surface area contributed by atoms with Crippen LogP contribution in [0, 0.1) is 4.77 Å². The molecule has 0 spiro atoms. The van der Waals surface area contributed by atoms with Gasteiger partial charge in [-0.3, -0.25) is 14.5 Å². The number of thioether (sulfide) groups is 1. The molecule has 0 bridgehead atoms. The Hall–Kier alpha value is -2.78. The van der Waals surface area contributed by atoms with Crippen molar-refractivity contribution in [3.63, 3.8) is 0 Å². The Morgan fingerprint density at radius 3 is 2.56 bits per heavy atom. The van der Waals surface area contributed by atoms with Crippen molar-refractivity contribution in [1.29, 1.82) is 0 Å². The van der Waals surface area contributed by atoms with Crippen LogP contribution < -0.4 is 15.0 Å². The largest absolute Gasteiger partial charge is 0.497 e. The summed E-state index contributed by atoms with van der Waals surface area (Å²) < 4.78 is 7.55. The molecule has 2 heterocycles. The van der Waals surface area contributed by atoms with E-state index >= 15 is 0 Å². The van der Waals surface area contributed by atoms with Crippen molar-refractivity contribution >= 4 is 35.6 Å². The van der Waals surface area contributed by atoms with Crippen LogP contribution in [0.15, 0.2) is 48.5 Å². The van der Waals surface area contributed by atoms with Crippen LogP contribution in [0.5, 0.6) is 5.75 Å². The standard InChI is InChI=1S/C23H27N5O2S2/c1-30-20-8-4-18(5-9-20)22-25-26-23(31)28(22)11-10-21(29)24-16-17-2-6-19(7-3-17)27-12-14-32-15-13-27/h2-9H,10-16H2,1H3,(H,24,29)(H,26,31). The van der Waals surface area contributed by atoms with Crippen molar-refractivity contribution in [2.24, 2.45) is 0 Å². The molecule has 1 aromatic heterocycles. The Morgan fingerprint density at radius 2 is 1.88 bits per heavy atom. The fourth-order valence-electron chi connectivity index (χ4n) is 3.63. The average Bonchev–Trinajstić information content (AvgIpc) is 3.22. The molecular weight excluding hydrogens is 442 g/mol. The highest BCUT2D eigenvalue weighted by Gasteiger charge is 2.12. The van der Waals surface area contributed by atoms with E-state index in [-0.39, 0.29) is 5.91 Å². The summed E-state index contributed by atoms with van der Waals surface area (Å²) in [5.74, 6) is 3.82. The minimum Gasteiger partial charge on any atom is -0.497 e. The van der Waals surface area contributed by atoms with Crippen LogP contribution in [0.1, 0.15) is 12.0 Å². The van der Waals surface area contributed by atoms with E-state index in [2.05, 4.69) is 44.7 Å².